The van der Waals surface area contributed by atoms with Crippen LogP contribution in [0.4, 0.5) is 4.39 Å². The zero-order chi connectivity index (χ0) is 26.5. The highest BCUT2D eigenvalue weighted by Gasteiger charge is 2.28. The summed E-state index contributed by atoms with van der Waals surface area (Å²) in [4.78, 5) is 34.2. The van der Waals surface area contributed by atoms with Crippen LogP contribution in [0.15, 0.2) is 66.9 Å². The average molecular weight is 517 g/mol. The van der Waals surface area contributed by atoms with E-state index in [1.807, 2.05) is 30.3 Å². The molecule has 0 aliphatic carbocycles. The quantitative estimate of drug-likeness (QED) is 0.327. The van der Waals surface area contributed by atoms with Gasteiger partial charge in [-0.25, -0.2) is 19.0 Å². The number of ether oxygens (including phenoxy) is 3. The van der Waals surface area contributed by atoms with Crippen molar-refractivity contribution in [2.75, 3.05) is 13.2 Å². The molecule has 38 heavy (non-hydrogen) atoms. The van der Waals surface area contributed by atoms with Crippen LogP contribution < -0.4 is 4.74 Å². The number of hydrogen-bond donors (Lipinski definition) is 1. The number of carbonyl (C=O) groups excluding carboxylic acids is 1. The molecule has 0 amide bonds. The number of nitrogens with zero attached hydrogens (tertiary/aromatic N) is 2. The first-order valence-electron chi connectivity index (χ1n) is 12.2. The normalized spacial score (nSPS) is 13.8. The van der Waals surface area contributed by atoms with Gasteiger partial charge in [0.1, 0.15) is 24.0 Å². The number of pyridine rings is 2. The summed E-state index contributed by atoms with van der Waals surface area (Å²) in [7, 11) is 0. The molecule has 0 unspecified atom stereocenters. The second-order valence-electron chi connectivity index (χ2n) is 8.98. The fourth-order valence-electron chi connectivity index (χ4n) is 4.31. The fourth-order valence-corrected chi connectivity index (χ4v) is 4.31. The molecule has 2 aromatic carbocycles. The van der Waals surface area contributed by atoms with Crippen LogP contribution >= 0.6 is 0 Å². The molecular formula is C29H25FN2O6. The van der Waals surface area contributed by atoms with E-state index in [4.69, 9.17) is 14.2 Å². The maximum Gasteiger partial charge on any atom is 0.361 e. The number of carboxylic acid groups (broad SMARTS) is 1. The lowest BCUT2D eigenvalue weighted by atomic mass is 10.0. The third-order valence-electron chi connectivity index (χ3n) is 6.24. The highest BCUT2D eigenvalue weighted by atomic mass is 19.1. The van der Waals surface area contributed by atoms with Crippen molar-refractivity contribution in [3.63, 3.8) is 0 Å². The minimum absolute atomic E-state index is 0.0549. The third-order valence-corrected chi connectivity index (χ3v) is 6.24. The molecule has 3 heterocycles. The number of aromatic nitrogens is 2. The van der Waals surface area contributed by atoms with Gasteiger partial charge in [-0.05, 0) is 41.3 Å². The predicted octanol–water partition coefficient (Wildman–Crippen LogP) is 4.97. The molecule has 4 aromatic rings. The fraction of sp³-hybridized carbons (Fsp3) is 0.241. The lowest BCUT2D eigenvalue weighted by Gasteiger charge is -2.22. The molecule has 1 fully saturated rings. The molecule has 8 nitrogen and oxygen atoms in total. The van der Waals surface area contributed by atoms with E-state index in [1.165, 1.54) is 12.1 Å². The van der Waals surface area contributed by atoms with Gasteiger partial charge in [0, 0.05) is 24.4 Å². The van der Waals surface area contributed by atoms with E-state index in [9.17, 15) is 19.1 Å². The molecule has 1 aliphatic rings. The summed E-state index contributed by atoms with van der Waals surface area (Å²) >= 11 is 0. The summed E-state index contributed by atoms with van der Waals surface area (Å²) in [6, 6.07) is 17.0. The number of halogens is 1. The molecule has 0 atom stereocenters. The molecule has 9 heteroatoms. The molecule has 1 N–H and O–H groups in total. The molecule has 0 spiro atoms. The van der Waals surface area contributed by atoms with Crippen molar-refractivity contribution < 1.29 is 33.3 Å². The van der Waals surface area contributed by atoms with Crippen molar-refractivity contribution >= 4 is 22.8 Å². The number of carbonyl (C=O) groups is 2. The number of benzene rings is 2. The zero-order valence-corrected chi connectivity index (χ0v) is 20.4. The van der Waals surface area contributed by atoms with Crippen LogP contribution in [-0.2, 0) is 22.5 Å². The molecule has 194 valence electrons. The molecule has 0 radical (unpaired) electrons. The topological polar surface area (TPSA) is 108 Å². The standard InChI is InChI=1S/C29H25FN2O6/c30-21-8-6-18(7-9-21)14-20-15-23-24(31-16-20)27(37-17-19-4-2-1-3-5-19)26(32-25(23)28(33)34)29(35)38-22-10-12-36-13-11-22/h1-9,15-16,22H,10-14,17H2,(H,33,34). The van der Waals surface area contributed by atoms with Crippen LogP contribution in [0, 0.1) is 5.82 Å². The van der Waals surface area contributed by atoms with Crippen molar-refractivity contribution in [1.82, 2.24) is 9.97 Å². The van der Waals surface area contributed by atoms with E-state index in [0.29, 0.717) is 38.0 Å². The van der Waals surface area contributed by atoms with Crippen LogP contribution in [-0.4, -0.2) is 46.3 Å². The number of hydrogen-bond acceptors (Lipinski definition) is 7. The van der Waals surface area contributed by atoms with E-state index in [-0.39, 0.29) is 46.6 Å². The average Bonchev–Trinajstić information content (AvgIpc) is 2.93. The Morgan fingerprint density at radius 2 is 1.71 bits per heavy atom. The number of carboxylic acids is 1. The van der Waals surface area contributed by atoms with Gasteiger partial charge in [0.2, 0.25) is 0 Å². The van der Waals surface area contributed by atoms with Crippen molar-refractivity contribution in [3.8, 4) is 5.75 Å². The largest absolute Gasteiger partial charge is 0.484 e. The zero-order valence-electron chi connectivity index (χ0n) is 20.4. The van der Waals surface area contributed by atoms with Crippen molar-refractivity contribution in [3.05, 3.63) is 101 Å². The maximum atomic E-state index is 13.3. The van der Waals surface area contributed by atoms with E-state index in [2.05, 4.69) is 9.97 Å². The lowest BCUT2D eigenvalue weighted by Crippen LogP contribution is -2.27. The minimum Gasteiger partial charge on any atom is -0.484 e. The Morgan fingerprint density at radius 3 is 2.42 bits per heavy atom. The van der Waals surface area contributed by atoms with E-state index >= 15 is 0 Å². The summed E-state index contributed by atoms with van der Waals surface area (Å²) < 4.78 is 30.4. The van der Waals surface area contributed by atoms with Gasteiger partial charge in [-0.3, -0.25) is 4.98 Å². The summed E-state index contributed by atoms with van der Waals surface area (Å²) in [5.41, 5.74) is 1.99. The van der Waals surface area contributed by atoms with Gasteiger partial charge in [0.15, 0.2) is 17.1 Å². The number of rotatable bonds is 8. The molecule has 0 bridgehead atoms. The Bertz CT molecular complexity index is 1450. The number of fused-ring (bicyclic) bond motifs is 1. The van der Waals surface area contributed by atoms with Gasteiger partial charge in [-0.1, -0.05) is 42.5 Å². The highest BCUT2D eigenvalue weighted by molar-refractivity contribution is 6.06. The summed E-state index contributed by atoms with van der Waals surface area (Å²) in [5, 5.41) is 10.2. The van der Waals surface area contributed by atoms with Crippen molar-refractivity contribution in [2.24, 2.45) is 0 Å². The van der Waals surface area contributed by atoms with Gasteiger partial charge in [0.05, 0.1) is 13.2 Å². The molecule has 1 aliphatic heterocycles. The van der Waals surface area contributed by atoms with Gasteiger partial charge in [-0.2, -0.15) is 0 Å². The van der Waals surface area contributed by atoms with Crippen LogP contribution in [0.1, 0.15) is 50.5 Å². The summed E-state index contributed by atoms with van der Waals surface area (Å²) in [6.45, 7) is 1.05. The van der Waals surface area contributed by atoms with E-state index in [0.717, 1.165) is 11.1 Å². The van der Waals surface area contributed by atoms with Crippen LogP contribution in [0.3, 0.4) is 0 Å². The SMILES string of the molecule is O=C(OC1CCOCC1)c1nc(C(=O)O)c2cc(Cc3ccc(F)cc3)cnc2c1OCc1ccccc1. The second-order valence-corrected chi connectivity index (χ2v) is 8.98. The van der Waals surface area contributed by atoms with Crippen molar-refractivity contribution in [2.45, 2.75) is 32.0 Å². The Balaban J connectivity index is 1.56. The first-order chi connectivity index (χ1) is 18.5. The first kappa shape index (κ1) is 25.3. The second kappa shape index (κ2) is 11.4. The van der Waals surface area contributed by atoms with Gasteiger partial charge >= 0.3 is 11.9 Å². The minimum atomic E-state index is -1.31. The lowest BCUT2D eigenvalue weighted by molar-refractivity contribution is -0.0165. The van der Waals surface area contributed by atoms with Crippen molar-refractivity contribution in [1.29, 1.82) is 0 Å². The smallest absolute Gasteiger partial charge is 0.361 e. The maximum absolute atomic E-state index is 13.3. The monoisotopic (exact) mass is 516 g/mol. The Kier molecular flexibility index (Phi) is 7.55. The highest BCUT2D eigenvalue weighted by Crippen LogP contribution is 2.32. The van der Waals surface area contributed by atoms with Gasteiger partial charge in [-0.15, -0.1) is 0 Å². The Morgan fingerprint density at radius 1 is 0.974 bits per heavy atom. The number of aromatic carboxylic acids is 1. The third kappa shape index (κ3) is 5.78. The summed E-state index contributed by atoms with van der Waals surface area (Å²) in [6.07, 6.45) is 2.69. The van der Waals surface area contributed by atoms with E-state index in [1.54, 1.807) is 24.4 Å². The van der Waals surface area contributed by atoms with Crippen LogP contribution in [0.5, 0.6) is 5.75 Å². The molecule has 0 saturated carbocycles. The van der Waals surface area contributed by atoms with E-state index < -0.39 is 11.9 Å². The Hall–Kier alpha value is -4.37. The number of esters is 1. The van der Waals surface area contributed by atoms with Gasteiger partial charge in [0.25, 0.3) is 0 Å². The molecule has 2 aromatic heterocycles. The van der Waals surface area contributed by atoms with Crippen LogP contribution in [0.2, 0.25) is 0 Å². The Labute approximate surface area is 218 Å². The predicted molar refractivity (Wildman–Crippen MR) is 136 cm³/mol. The van der Waals surface area contributed by atoms with Gasteiger partial charge < -0.3 is 19.3 Å². The molecule has 1 saturated heterocycles. The molecular weight excluding hydrogens is 491 g/mol. The first-order valence-corrected chi connectivity index (χ1v) is 12.2. The summed E-state index contributed by atoms with van der Waals surface area (Å²) in [5.74, 6) is -2.38. The molecule has 5 rings (SSSR count). The van der Waals surface area contributed by atoms with Crippen LogP contribution in [0.25, 0.3) is 10.9 Å².